The number of hydrogen-bond acceptors (Lipinski definition) is 13. The highest BCUT2D eigenvalue weighted by molar-refractivity contribution is 5.21. The van der Waals surface area contributed by atoms with Crippen LogP contribution >= 0.6 is 0 Å². The third-order valence-electron chi connectivity index (χ3n) is 15.8. The van der Waals surface area contributed by atoms with Gasteiger partial charge in [-0.3, -0.25) is 0 Å². The Bertz CT molecular complexity index is 1240. The quantitative estimate of drug-likeness (QED) is 0.184. The fourth-order valence-corrected chi connectivity index (χ4v) is 13.1. The van der Waals surface area contributed by atoms with Crippen molar-refractivity contribution in [1.29, 1.82) is 0 Å². The monoisotopic (exact) mass is 714 g/mol. The molecule has 0 bridgehead atoms. The lowest BCUT2D eigenvalue weighted by molar-refractivity contribution is -0.342. The second-order valence-electron chi connectivity index (χ2n) is 18.5. The Kier molecular flexibility index (Phi) is 9.87. The molecule has 50 heavy (non-hydrogen) atoms. The normalized spacial score (nSPS) is 59.2. The van der Waals surface area contributed by atoms with Gasteiger partial charge in [0.15, 0.2) is 18.9 Å². The zero-order valence-corrected chi connectivity index (χ0v) is 30.4. The minimum absolute atomic E-state index is 0.00168. The van der Waals surface area contributed by atoms with Crippen LogP contribution in [0.15, 0.2) is 0 Å². The van der Waals surface area contributed by atoms with Crippen LogP contribution in [0.4, 0.5) is 0 Å². The molecule has 7 aliphatic rings. The van der Waals surface area contributed by atoms with Gasteiger partial charge in [-0.15, -0.1) is 0 Å². The van der Waals surface area contributed by atoms with E-state index in [9.17, 15) is 40.9 Å². The number of aliphatic hydroxyl groups excluding tert-OH is 8. The number of fused-ring (bicyclic) bond motifs is 7. The zero-order valence-electron chi connectivity index (χ0n) is 30.4. The van der Waals surface area contributed by atoms with E-state index in [0.29, 0.717) is 19.3 Å². The molecule has 0 radical (unpaired) electrons. The second kappa shape index (κ2) is 13.1. The topological polar surface area (TPSA) is 208 Å². The van der Waals surface area contributed by atoms with Crippen molar-refractivity contribution >= 4 is 0 Å². The van der Waals surface area contributed by atoms with E-state index in [1.165, 1.54) is 0 Å². The Morgan fingerprint density at radius 1 is 0.720 bits per heavy atom. The lowest BCUT2D eigenvalue weighted by atomic mass is 9.37. The van der Waals surface area contributed by atoms with Gasteiger partial charge in [0.1, 0.15) is 42.7 Å². The first kappa shape index (κ1) is 37.8. The smallest absolute Gasteiger partial charge is 0.186 e. The van der Waals surface area contributed by atoms with E-state index in [1.54, 1.807) is 0 Å². The molecule has 288 valence electrons. The fraction of sp³-hybridized carbons (Fsp3) is 1.00. The minimum atomic E-state index is -1.56. The SMILES string of the molecule is C[C@@H]1C[C@H](O)O[C@@H]2C[C@]3(C)[C@@H]4[C@@H](CC[C@@]3(C)[C@@H]12)[C@]1(C)CC[C@H](O[C@@H]2OC[C@H](O)[C@H](O)[C@@H]2O)C(C)(C)[C@H]1C[C@H]4O[C@H]1O[C@@H](CO)[C@H](O)[C@@H](O)[C@@H]1O. The molecule has 3 saturated heterocycles. The molecule has 13 nitrogen and oxygen atoms in total. The molecule has 21 atom stereocenters. The van der Waals surface area contributed by atoms with Crippen LogP contribution < -0.4 is 0 Å². The third kappa shape index (κ3) is 5.51. The first-order chi connectivity index (χ1) is 23.4. The maximum absolute atomic E-state index is 11.2. The van der Waals surface area contributed by atoms with Crippen molar-refractivity contribution in [3.05, 3.63) is 0 Å². The molecule has 3 heterocycles. The maximum atomic E-state index is 11.2. The van der Waals surface area contributed by atoms with Crippen molar-refractivity contribution in [2.75, 3.05) is 13.2 Å². The zero-order chi connectivity index (χ0) is 36.3. The summed E-state index contributed by atoms with van der Waals surface area (Å²) >= 11 is 0. The summed E-state index contributed by atoms with van der Waals surface area (Å²) in [7, 11) is 0. The van der Waals surface area contributed by atoms with Crippen LogP contribution in [-0.4, -0.2) is 134 Å². The molecule has 0 spiro atoms. The molecule has 4 saturated carbocycles. The number of rotatable bonds is 5. The van der Waals surface area contributed by atoms with Gasteiger partial charge in [-0.25, -0.2) is 0 Å². The summed E-state index contributed by atoms with van der Waals surface area (Å²) in [5.41, 5.74) is -1.000. The van der Waals surface area contributed by atoms with E-state index in [-0.39, 0.29) is 64.6 Å². The van der Waals surface area contributed by atoms with Crippen molar-refractivity contribution in [3.63, 3.8) is 0 Å². The molecule has 4 aliphatic carbocycles. The van der Waals surface area contributed by atoms with Crippen molar-refractivity contribution in [3.8, 4) is 0 Å². The summed E-state index contributed by atoms with van der Waals surface area (Å²) in [6.45, 7) is 13.0. The maximum Gasteiger partial charge on any atom is 0.186 e. The molecule has 8 N–H and O–H groups in total. The van der Waals surface area contributed by atoms with Crippen molar-refractivity contribution < 1.29 is 64.5 Å². The van der Waals surface area contributed by atoms with Gasteiger partial charge >= 0.3 is 0 Å². The van der Waals surface area contributed by atoms with Gasteiger partial charge in [-0.1, -0.05) is 41.5 Å². The largest absolute Gasteiger partial charge is 0.394 e. The average molecular weight is 715 g/mol. The molecule has 0 amide bonds. The molecule has 0 aromatic carbocycles. The highest BCUT2D eigenvalue weighted by Crippen LogP contribution is 2.76. The van der Waals surface area contributed by atoms with Crippen molar-refractivity contribution in [1.82, 2.24) is 0 Å². The predicted molar refractivity (Wildman–Crippen MR) is 176 cm³/mol. The highest BCUT2D eigenvalue weighted by atomic mass is 16.7. The summed E-state index contributed by atoms with van der Waals surface area (Å²) in [6.07, 6.45) is -8.30. The lowest BCUT2D eigenvalue weighted by Gasteiger charge is -2.69. The van der Waals surface area contributed by atoms with Gasteiger partial charge < -0.3 is 64.5 Å². The van der Waals surface area contributed by atoms with Crippen LogP contribution in [0.1, 0.15) is 86.5 Å². The predicted octanol–water partition coefficient (Wildman–Crippen LogP) is 0.644. The first-order valence-corrected chi connectivity index (χ1v) is 19.0. The minimum Gasteiger partial charge on any atom is -0.394 e. The van der Waals surface area contributed by atoms with E-state index in [4.69, 9.17) is 23.7 Å². The average Bonchev–Trinajstić information content (AvgIpc) is 3.29. The lowest BCUT2D eigenvalue weighted by Crippen LogP contribution is -2.67. The standard InChI is InChI=1S/C37H62O13/c1-16-11-24(40)47-20-13-37(6)26-17(7-10-36(37,5)25(16)20)35(4)9-8-23(50-32-30(44)27(41)18(39)15-46-32)34(2,3)22(35)12-19(26)48-33-31(45)29(43)28(42)21(14-38)49-33/h16-33,38-45H,7-15H2,1-6H3/t16-,17-,18+,19-,20-,21+,22-,23+,24-,25+,26-,27+,28+,29-,30+,31+,32+,33+,35+,36+,37-/m1/s1. The van der Waals surface area contributed by atoms with E-state index in [0.717, 1.165) is 25.7 Å². The molecule has 0 aromatic rings. The van der Waals surface area contributed by atoms with Crippen LogP contribution in [-0.2, 0) is 23.7 Å². The molecule has 7 fully saturated rings. The van der Waals surface area contributed by atoms with Crippen LogP contribution in [0, 0.1) is 51.2 Å². The Labute approximate surface area is 295 Å². The Morgan fingerprint density at radius 2 is 1.42 bits per heavy atom. The third-order valence-corrected chi connectivity index (χ3v) is 15.8. The van der Waals surface area contributed by atoms with Crippen LogP contribution in [0.25, 0.3) is 0 Å². The number of hydrogen-bond donors (Lipinski definition) is 8. The molecule has 13 heteroatoms. The summed E-state index contributed by atoms with van der Waals surface area (Å²) in [5, 5.41) is 84.2. The van der Waals surface area contributed by atoms with E-state index in [1.807, 2.05) is 0 Å². The summed E-state index contributed by atoms with van der Waals surface area (Å²) in [4.78, 5) is 0. The Hall–Kier alpha value is -0.520. The molecule has 0 unspecified atom stereocenters. The van der Waals surface area contributed by atoms with Gasteiger partial charge in [-0.05, 0) is 89.8 Å². The molecular formula is C37H62O13. The summed E-state index contributed by atoms with van der Waals surface area (Å²) < 4.78 is 31.3. The molecular weight excluding hydrogens is 652 g/mol. The van der Waals surface area contributed by atoms with Gasteiger partial charge in [0.25, 0.3) is 0 Å². The van der Waals surface area contributed by atoms with Gasteiger partial charge in [0.05, 0.1) is 31.5 Å². The summed E-state index contributed by atoms with van der Waals surface area (Å²) in [5.74, 6) is 0.763. The second-order valence-corrected chi connectivity index (χ2v) is 18.5. The number of aliphatic hydroxyl groups is 8. The fourth-order valence-electron chi connectivity index (χ4n) is 13.1. The van der Waals surface area contributed by atoms with Crippen molar-refractivity contribution in [2.24, 2.45) is 51.2 Å². The van der Waals surface area contributed by atoms with E-state index >= 15 is 0 Å². The highest BCUT2D eigenvalue weighted by Gasteiger charge is 2.73. The number of ether oxygens (including phenoxy) is 5. The Morgan fingerprint density at radius 3 is 2.12 bits per heavy atom. The van der Waals surface area contributed by atoms with Gasteiger partial charge in [-0.2, -0.15) is 0 Å². The molecule has 3 aliphatic heterocycles. The van der Waals surface area contributed by atoms with E-state index in [2.05, 4.69) is 41.5 Å². The van der Waals surface area contributed by atoms with Gasteiger partial charge in [0.2, 0.25) is 0 Å². The molecule has 7 rings (SSSR count). The Balaban J connectivity index is 1.25. The summed E-state index contributed by atoms with van der Waals surface area (Å²) in [6, 6.07) is 0. The molecule has 0 aromatic heterocycles. The van der Waals surface area contributed by atoms with E-state index < -0.39 is 79.7 Å². The first-order valence-electron chi connectivity index (χ1n) is 19.0. The van der Waals surface area contributed by atoms with Gasteiger partial charge in [0, 0.05) is 6.42 Å². The van der Waals surface area contributed by atoms with Crippen LogP contribution in [0.2, 0.25) is 0 Å². The van der Waals surface area contributed by atoms with Crippen LogP contribution in [0.3, 0.4) is 0 Å². The van der Waals surface area contributed by atoms with Crippen LogP contribution in [0.5, 0.6) is 0 Å². The van der Waals surface area contributed by atoms with Crippen molar-refractivity contribution in [2.45, 2.75) is 166 Å².